The van der Waals surface area contributed by atoms with Crippen LogP contribution in [0.1, 0.15) is 24.5 Å². The maximum atomic E-state index is 9.10. The summed E-state index contributed by atoms with van der Waals surface area (Å²) in [6.07, 6.45) is 7.55. The molecule has 0 spiro atoms. The zero-order chi connectivity index (χ0) is 15.2. The van der Waals surface area contributed by atoms with Crippen LogP contribution in [0.15, 0.2) is 36.8 Å². The molecule has 2 aromatic rings. The van der Waals surface area contributed by atoms with Gasteiger partial charge in [0.1, 0.15) is 11.6 Å². The second-order valence-corrected chi connectivity index (χ2v) is 5.53. The average molecular weight is 299 g/mol. The molecule has 1 saturated heterocycles. The Morgan fingerprint density at radius 3 is 3.05 bits per heavy atom. The SMILES string of the molecule is OCCN1CCCC(c2cncc(Nc3ccccn3)n2)C1. The van der Waals surface area contributed by atoms with Crippen LogP contribution in [-0.2, 0) is 0 Å². The number of hydrogen-bond acceptors (Lipinski definition) is 6. The normalized spacial score (nSPS) is 19.0. The molecule has 22 heavy (non-hydrogen) atoms. The molecule has 0 aliphatic carbocycles. The fraction of sp³-hybridized carbons (Fsp3) is 0.438. The first kappa shape index (κ1) is 14.9. The van der Waals surface area contributed by atoms with E-state index in [1.807, 2.05) is 24.4 Å². The summed E-state index contributed by atoms with van der Waals surface area (Å²) in [7, 11) is 0. The first-order valence-corrected chi connectivity index (χ1v) is 7.68. The highest BCUT2D eigenvalue weighted by Crippen LogP contribution is 2.26. The zero-order valence-corrected chi connectivity index (χ0v) is 12.5. The molecule has 1 atom stereocenters. The van der Waals surface area contributed by atoms with E-state index in [9.17, 15) is 0 Å². The number of piperidine rings is 1. The van der Waals surface area contributed by atoms with Gasteiger partial charge in [0, 0.05) is 31.4 Å². The number of aliphatic hydroxyl groups excluding tert-OH is 1. The van der Waals surface area contributed by atoms with Crippen LogP contribution in [0.25, 0.3) is 0 Å². The molecule has 2 N–H and O–H groups in total. The molecule has 6 heteroatoms. The van der Waals surface area contributed by atoms with Crippen molar-refractivity contribution in [2.75, 3.05) is 31.6 Å². The predicted octanol–water partition coefficient (Wildman–Crippen LogP) is 1.79. The van der Waals surface area contributed by atoms with Crippen molar-refractivity contribution in [3.8, 4) is 0 Å². The Balaban J connectivity index is 1.70. The minimum Gasteiger partial charge on any atom is -0.395 e. The lowest BCUT2D eigenvalue weighted by molar-refractivity contribution is 0.160. The van der Waals surface area contributed by atoms with Gasteiger partial charge in [0.2, 0.25) is 0 Å². The van der Waals surface area contributed by atoms with Crippen LogP contribution in [0.5, 0.6) is 0 Å². The highest BCUT2D eigenvalue weighted by atomic mass is 16.3. The van der Waals surface area contributed by atoms with Crippen molar-refractivity contribution in [1.82, 2.24) is 19.9 Å². The van der Waals surface area contributed by atoms with E-state index in [0.29, 0.717) is 5.92 Å². The van der Waals surface area contributed by atoms with Gasteiger partial charge in [-0.1, -0.05) is 6.07 Å². The van der Waals surface area contributed by atoms with E-state index in [1.165, 1.54) is 0 Å². The third-order valence-electron chi connectivity index (χ3n) is 3.91. The first-order chi connectivity index (χ1) is 10.8. The molecule has 3 heterocycles. The molecule has 1 aliphatic rings. The van der Waals surface area contributed by atoms with Crippen LogP contribution < -0.4 is 5.32 Å². The standard InChI is InChI=1S/C16H21N5O/c22-9-8-21-7-3-4-13(12-21)14-10-17-11-16(19-14)20-15-5-1-2-6-18-15/h1-2,5-6,10-11,13,22H,3-4,7-9,12H2,(H,18,19,20). The highest BCUT2D eigenvalue weighted by Gasteiger charge is 2.22. The minimum absolute atomic E-state index is 0.208. The molecule has 1 aliphatic heterocycles. The molecule has 3 rings (SSSR count). The number of aromatic nitrogens is 3. The Morgan fingerprint density at radius 1 is 1.27 bits per heavy atom. The van der Waals surface area contributed by atoms with Crippen LogP contribution >= 0.6 is 0 Å². The van der Waals surface area contributed by atoms with E-state index in [0.717, 1.165) is 49.8 Å². The Hall–Kier alpha value is -2.05. The topological polar surface area (TPSA) is 74.2 Å². The van der Waals surface area contributed by atoms with Crippen LogP contribution in [0.2, 0.25) is 0 Å². The molecule has 2 aromatic heterocycles. The number of nitrogens with zero attached hydrogens (tertiary/aromatic N) is 4. The Kier molecular flexibility index (Phi) is 4.92. The molecule has 6 nitrogen and oxygen atoms in total. The zero-order valence-electron chi connectivity index (χ0n) is 12.5. The van der Waals surface area contributed by atoms with E-state index < -0.39 is 0 Å². The van der Waals surface area contributed by atoms with Gasteiger partial charge in [-0.2, -0.15) is 0 Å². The summed E-state index contributed by atoms with van der Waals surface area (Å²) in [5, 5.41) is 12.3. The highest BCUT2D eigenvalue weighted by molar-refractivity contribution is 5.50. The van der Waals surface area contributed by atoms with Crippen molar-refractivity contribution in [2.45, 2.75) is 18.8 Å². The number of anilines is 2. The Bertz CT molecular complexity index is 590. The number of β-amino-alcohol motifs (C(OH)–C–C–N with tert-alkyl or cyclic N) is 1. The van der Waals surface area contributed by atoms with Crippen LogP contribution in [0, 0.1) is 0 Å². The summed E-state index contributed by atoms with van der Waals surface area (Å²) in [6.45, 7) is 2.92. The summed E-state index contributed by atoms with van der Waals surface area (Å²) < 4.78 is 0. The fourth-order valence-electron chi connectivity index (χ4n) is 2.85. The number of pyridine rings is 1. The quantitative estimate of drug-likeness (QED) is 0.877. The summed E-state index contributed by atoms with van der Waals surface area (Å²) in [6, 6.07) is 5.71. The van der Waals surface area contributed by atoms with Gasteiger partial charge in [0.25, 0.3) is 0 Å². The van der Waals surface area contributed by atoms with Crippen LogP contribution in [-0.4, -0.2) is 51.2 Å². The number of hydrogen-bond donors (Lipinski definition) is 2. The van der Waals surface area contributed by atoms with Gasteiger partial charge >= 0.3 is 0 Å². The average Bonchev–Trinajstić information content (AvgIpc) is 2.57. The van der Waals surface area contributed by atoms with Crippen molar-refractivity contribution < 1.29 is 5.11 Å². The molecule has 116 valence electrons. The largest absolute Gasteiger partial charge is 0.395 e. The predicted molar refractivity (Wildman–Crippen MR) is 85.1 cm³/mol. The Labute approximate surface area is 130 Å². The molecular formula is C16H21N5O. The maximum Gasteiger partial charge on any atom is 0.150 e. The van der Waals surface area contributed by atoms with Crippen molar-refractivity contribution >= 4 is 11.6 Å². The number of rotatable bonds is 5. The van der Waals surface area contributed by atoms with Gasteiger partial charge < -0.3 is 15.3 Å². The minimum atomic E-state index is 0.208. The summed E-state index contributed by atoms with van der Waals surface area (Å²) in [5.74, 6) is 1.85. The van der Waals surface area contributed by atoms with Gasteiger partial charge in [0.15, 0.2) is 0 Å². The van der Waals surface area contributed by atoms with Gasteiger partial charge in [0.05, 0.1) is 18.5 Å². The lowest BCUT2D eigenvalue weighted by atomic mass is 9.95. The van der Waals surface area contributed by atoms with Crippen molar-refractivity contribution in [1.29, 1.82) is 0 Å². The maximum absolute atomic E-state index is 9.10. The van der Waals surface area contributed by atoms with Gasteiger partial charge in [-0.05, 0) is 31.5 Å². The van der Waals surface area contributed by atoms with Crippen LogP contribution in [0.4, 0.5) is 11.6 Å². The third kappa shape index (κ3) is 3.78. The molecule has 0 amide bonds. The number of aliphatic hydroxyl groups is 1. The lowest BCUT2D eigenvalue weighted by Gasteiger charge is -2.31. The van der Waals surface area contributed by atoms with E-state index in [-0.39, 0.29) is 6.61 Å². The molecule has 0 aromatic carbocycles. The summed E-state index contributed by atoms with van der Waals surface area (Å²) in [5.41, 5.74) is 1.00. The monoisotopic (exact) mass is 299 g/mol. The fourth-order valence-corrected chi connectivity index (χ4v) is 2.85. The summed E-state index contributed by atoms with van der Waals surface area (Å²) in [4.78, 5) is 15.5. The van der Waals surface area contributed by atoms with E-state index in [2.05, 4.69) is 25.2 Å². The number of likely N-dealkylation sites (tertiary alicyclic amines) is 1. The molecule has 1 fully saturated rings. The van der Waals surface area contributed by atoms with Crippen LogP contribution in [0.3, 0.4) is 0 Å². The molecule has 0 bridgehead atoms. The number of nitrogens with one attached hydrogen (secondary N) is 1. The van der Waals surface area contributed by atoms with E-state index in [4.69, 9.17) is 5.11 Å². The van der Waals surface area contributed by atoms with Gasteiger partial charge in [-0.15, -0.1) is 0 Å². The molecule has 0 radical (unpaired) electrons. The van der Waals surface area contributed by atoms with Crippen molar-refractivity contribution in [2.24, 2.45) is 0 Å². The van der Waals surface area contributed by atoms with Gasteiger partial charge in [-0.3, -0.25) is 4.98 Å². The van der Waals surface area contributed by atoms with E-state index in [1.54, 1.807) is 12.4 Å². The summed E-state index contributed by atoms with van der Waals surface area (Å²) >= 11 is 0. The molecular weight excluding hydrogens is 278 g/mol. The third-order valence-corrected chi connectivity index (χ3v) is 3.91. The second-order valence-electron chi connectivity index (χ2n) is 5.53. The smallest absolute Gasteiger partial charge is 0.150 e. The van der Waals surface area contributed by atoms with Crippen molar-refractivity contribution in [3.05, 3.63) is 42.5 Å². The molecule has 1 unspecified atom stereocenters. The lowest BCUT2D eigenvalue weighted by Crippen LogP contribution is -2.36. The first-order valence-electron chi connectivity index (χ1n) is 7.68. The van der Waals surface area contributed by atoms with E-state index >= 15 is 0 Å². The second kappa shape index (κ2) is 7.29. The van der Waals surface area contributed by atoms with Gasteiger partial charge in [-0.25, -0.2) is 9.97 Å². The molecule has 0 saturated carbocycles. The Morgan fingerprint density at radius 2 is 2.23 bits per heavy atom. The van der Waals surface area contributed by atoms with Crippen molar-refractivity contribution in [3.63, 3.8) is 0 Å².